The van der Waals surface area contributed by atoms with E-state index < -0.39 is 0 Å². The fourth-order valence-corrected chi connectivity index (χ4v) is 3.46. The van der Waals surface area contributed by atoms with E-state index in [2.05, 4.69) is 20.6 Å². The predicted molar refractivity (Wildman–Crippen MR) is 122 cm³/mol. The maximum absolute atomic E-state index is 12.9. The molecule has 0 atom stereocenters. The van der Waals surface area contributed by atoms with E-state index in [9.17, 15) is 4.39 Å². The molecule has 1 aromatic carbocycles. The van der Waals surface area contributed by atoms with Crippen molar-refractivity contribution in [2.75, 3.05) is 37.8 Å². The first-order valence-electron chi connectivity index (χ1n) is 8.10. The summed E-state index contributed by atoms with van der Waals surface area (Å²) in [6, 6.07) is 6.56. The molecule has 0 saturated heterocycles. The molecule has 0 aliphatic carbocycles. The van der Waals surface area contributed by atoms with Crippen LogP contribution in [0.1, 0.15) is 12.6 Å². The summed E-state index contributed by atoms with van der Waals surface area (Å²) in [5, 5.41) is 9.56. The van der Waals surface area contributed by atoms with Crippen LogP contribution in [0.25, 0.3) is 0 Å². The molecule has 144 valence electrons. The predicted octanol–water partition coefficient (Wildman–Crippen LogP) is 3.81. The van der Waals surface area contributed by atoms with E-state index in [0.29, 0.717) is 6.54 Å². The Morgan fingerprint density at radius 2 is 2.00 bits per heavy atom. The average Bonchev–Trinajstić information content (AvgIpc) is 3.07. The molecule has 5 nitrogen and oxygen atoms in total. The van der Waals surface area contributed by atoms with Crippen LogP contribution in [0.2, 0.25) is 0 Å². The van der Waals surface area contributed by atoms with Gasteiger partial charge in [-0.2, -0.15) is 0 Å². The maximum atomic E-state index is 12.9. The summed E-state index contributed by atoms with van der Waals surface area (Å²) < 4.78 is 12.9. The number of hydrogen-bond donors (Lipinski definition) is 2. The molecular weight excluding hydrogens is 484 g/mol. The van der Waals surface area contributed by atoms with Gasteiger partial charge in [-0.25, -0.2) is 14.4 Å². The molecule has 2 rings (SSSR count). The number of nitrogens with zero attached hydrogens (tertiary/aromatic N) is 3. The first-order valence-corrected chi connectivity index (χ1v) is 9.97. The number of aliphatic imine (C=N–C) groups is 1. The van der Waals surface area contributed by atoms with Gasteiger partial charge in [-0.3, -0.25) is 0 Å². The van der Waals surface area contributed by atoms with E-state index in [1.165, 1.54) is 12.1 Å². The molecule has 0 fully saturated rings. The van der Waals surface area contributed by atoms with Gasteiger partial charge in [-0.05, 0) is 31.2 Å². The van der Waals surface area contributed by atoms with E-state index >= 15 is 0 Å². The lowest BCUT2D eigenvalue weighted by atomic mass is 10.4. The summed E-state index contributed by atoms with van der Waals surface area (Å²) >= 11 is 3.30. The quantitative estimate of drug-likeness (QED) is 0.186. The number of aromatic nitrogens is 1. The van der Waals surface area contributed by atoms with Gasteiger partial charge in [0.15, 0.2) is 11.1 Å². The summed E-state index contributed by atoms with van der Waals surface area (Å²) in [5.41, 5.74) is 0.964. The van der Waals surface area contributed by atoms with Crippen molar-refractivity contribution in [3.8, 4) is 0 Å². The summed E-state index contributed by atoms with van der Waals surface area (Å²) in [6.07, 6.45) is 0. The van der Waals surface area contributed by atoms with Crippen molar-refractivity contribution >= 4 is 58.2 Å². The smallest absolute Gasteiger partial charge is 0.191 e. The van der Waals surface area contributed by atoms with Crippen molar-refractivity contribution in [3.63, 3.8) is 0 Å². The number of hydrogen-bond acceptors (Lipinski definition) is 5. The normalized spacial score (nSPS) is 11.0. The van der Waals surface area contributed by atoms with E-state index in [-0.39, 0.29) is 29.8 Å². The summed E-state index contributed by atoms with van der Waals surface area (Å²) in [6.45, 7) is 4.16. The first kappa shape index (κ1) is 23.0. The minimum atomic E-state index is -0.205. The van der Waals surface area contributed by atoms with Crippen LogP contribution in [-0.2, 0) is 6.54 Å². The molecule has 1 aromatic heterocycles. The van der Waals surface area contributed by atoms with Crippen LogP contribution < -0.4 is 15.5 Å². The minimum absolute atomic E-state index is 0. The van der Waals surface area contributed by atoms with Gasteiger partial charge in [-0.15, -0.1) is 47.1 Å². The molecular formula is C17H25FIN5S2. The van der Waals surface area contributed by atoms with Gasteiger partial charge in [0, 0.05) is 43.2 Å². The molecule has 26 heavy (non-hydrogen) atoms. The first-order chi connectivity index (χ1) is 12.1. The number of rotatable bonds is 8. The highest BCUT2D eigenvalue weighted by molar-refractivity contribution is 14.0. The minimum Gasteiger partial charge on any atom is -0.357 e. The highest BCUT2D eigenvalue weighted by atomic mass is 127. The standard InChI is InChI=1S/C17H24FN5S2.HI/c1-4-19-16(21-11-14-12-25-17(22-14)23(2)3)20-9-10-24-15-7-5-13(18)6-8-15;/h5-8,12H,4,9-11H2,1-3H3,(H2,19,20,21);1H. The lowest BCUT2D eigenvalue weighted by molar-refractivity contribution is 0.626. The fraction of sp³-hybridized carbons (Fsp3) is 0.412. The highest BCUT2D eigenvalue weighted by Gasteiger charge is 2.04. The van der Waals surface area contributed by atoms with Crippen molar-refractivity contribution < 1.29 is 4.39 Å². The highest BCUT2D eigenvalue weighted by Crippen LogP contribution is 2.18. The molecule has 9 heteroatoms. The third kappa shape index (κ3) is 8.09. The lowest BCUT2D eigenvalue weighted by Gasteiger charge is -2.11. The van der Waals surface area contributed by atoms with Crippen molar-refractivity contribution in [1.82, 2.24) is 15.6 Å². The zero-order valence-electron chi connectivity index (χ0n) is 15.2. The van der Waals surface area contributed by atoms with Gasteiger partial charge in [0.25, 0.3) is 0 Å². The monoisotopic (exact) mass is 509 g/mol. The van der Waals surface area contributed by atoms with Crippen molar-refractivity contribution in [3.05, 3.63) is 41.2 Å². The zero-order valence-corrected chi connectivity index (χ0v) is 19.1. The summed E-state index contributed by atoms with van der Waals surface area (Å²) in [5.74, 6) is 1.45. The van der Waals surface area contributed by atoms with Crippen LogP contribution in [0.15, 0.2) is 39.5 Å². The Bertz CT molecular complexity index is 676. The third-order valence-corrected chi connectivity index (χ3v) is 5.21. The molecule has 0 bridgehead atoms. The SMILES string of the molecule is CCNC(=NCc1csc(N(C)C)n1)NCCSc1ccc(F)cc1.I. The van der Waals surface area contributed by atoms with Crippen molar-refractivity contribution in [1.29, 1.82) is 0 Å². The molecule has 2 N–H and O–H groups in total. The van der Waals surface area contributed by atoms with Crippen LogP contribution in [-0.4, -0.2) is 43.9 Å². The number of anilines is 1. The number of halogens is 2. The molecule has 0 spiro atoms. The fourth-order valence-electron chi connectivity index (χ4n) is 1.95. The second-order valence-corrected chi connectivity index (χ2v) is 7.45. The number of nitrogens with one attached hydrogen (secondary N) is 2. The van der Waals surface area contributed by atoms with Gasteiger partial charge in [0.1, 0.15) is 5.82 Å². The Balaban J connectivity index is 0.00000338. The van der Waals surface area contributed by atoms with Crippen molar-refractivity contribution in [2.24, 2.45) is 4.99 Å². The average molecular weight is 509 g/mol. The van der Waals surface area contributed by atoms with Crippen LogP contribution in [0.3, 0.4) is 0 Å². The van der Waals surface area contributed by atoms with Gasteiger partial charge in [0.2, 0.25) is 0 Å². The molecule has 0 amide bonds. The second kappa shape index (κ2) is 12.3. The number of thiazole rings is 1. The molecule has 0 aliphatic rings. The molecule has 1 heterocycles. The van der Waals surface area contributed by atoms with Crippen LogP contribution >= 0.6 is 47.1 Å². The van der Waals surface area contributed by atoms with Gasteiger partial charge < -0.3 is 15.5 Å². The van der Waals surface area contributed by atoms with Gasteiger partial charge in [0.05, 0.1) is 12.2 Å². The van der Waals surface area contributed by atoms with E-state index in [4.69, 9.17) is 0 Å². The number of thioether (sulfide) groups is 1. The van der Waals surface area contributed by atoms with Gasteiger partial charge >= 0.3 is 0 Å². The molecule has 0 radical (unpaired) electrons. The number of guanidine groups is 1. The molecule has 0 unspecified atom stereocenters. The second-order valence-electron chi connectivity index (χ2n) is 5.44. The Kier molecular flexibility index (Phi) is 10.9. The van der Waals surface area contributed by atoms with Crippen molar-refractivity contribution in [2.45, 2.75) is 18.4 Å². The Labute approximate surface area is 179 Å². The Morgan fingerprint density at radius 3 is 2.62 bits per heavy atom. The Hall–Kier alpha value is -1.07. The molecule has 0 aliphatic heterocycles. The summed E-state index contributed by atoms with van der Waals surface area (Å²) in [4.78, 5) is 12.2. The van der Waals surface area contributed by atoms with Crippen LogP contribution in [0.5, 0.6) is 0 Å². The maximum Gasteiger partial charge on any atom is 0.191 e. The van der Waals surface area contributed by atoms with Crippen LogP contribution in [0.4, 0.5) is 9.52 Å². The zero-order chi connectivity index (χ0) is 18.1. The number of benzene rings is 1. The van der Waals surface area contributed by atoms with E-state index in [0.717, 1.165) is 40.5 Å². The summed E-state index contributed by atoms with van der Waals surface area (Å²) in [7, 11) is 3.96. The topological polar surface area (TPSA) is 52.6 Å². The Morgan fingerprint density at radius 1 is 1.27 bits per heavy atom. The van der Waals surface area contributed by atoms with E-state index in [1.807, 2.05) is 31.3 Å². The third-order valence-electron chi connectivity index (χ3n) is 3.14. The van der Waals surface area contributed by atoms with Crippen LogP contribution in [0, 0.1) is 5.82 Å². The molecule has 2 aromatic rings. The largest absolute Gasteiger partial charge is 0.357 e. The van der Waals surface area contributed by atoms with E-state index in [1.54, 1.807) is 35.2 Å². The molecule has 0 saturated carbocycles. The van der Waals surface area contributed by atoms with Gasteiger partial charge in [-0.1, -0.05) is 0 Å². The lowest BCUT2D eigenvalue weighted by Crippen LogP contribution is -2.38.